The molecule has 0 fully saturated rings. The van der Waals surface area contributed by atoms with Crippen molar-refractivity contribution in [3.8, 4) is 5.75 Å². The first kappa shape index (κ1) is 9.69. The van der Waals surface area contributed by atoms with E-state index in [2.05, 4.69) is 9.72 Å². The standard InChI is InChI=1S/C6H2F5NO/c7-3-1-12-2-4(8)5(3)13-6(9,10)11/h1-2H. The van der Waals surface area contributed by atoms with Crippen LogP contribution in [0.3, 0.4) is 0 Å². The zero-order valence-electron chi connectivity index (χ0n) is 5.90. The number of hydrogen-bond donors (Lipinski definition) is 0. The minimum atomic E-state index is -5.12. The summed E-state index contributed by atoms with van der Waals surface area (Å²) in [7, 11) is 0. The Hall–Kier alpha value is -1.40. The molecule has 1 heterocycles. The van der Waals surface area contributed by atoms with Gasteiger partial charge in [-0.15, -0.1) is 13.2 Å². The van der Waals surface area contributed by atoms with Gasteiger partial charge in [0.1, 0.15) is 0 Å². The summed E-state index contributed by atoms with van der Waals surface area (Å²) in [4.78, 5) is 2.98. The summed E-state index contributed by atoms with van der Waals surface area (Å²) in [5.74, 6) is -4.50. The second kappa shape index (κ2) is 3.15. The molecule has 0 amide bonds. The third-order valence-corrected chi connectivity index (χ3v) is 1.03. The number of rotatable bonds is 1. The molecule has 0 aromatic carbocycles. The Morgan fingerprint density at radius 3 is 1.92 bits per heavy atom. The molecule has 0 N–H and O–H groups in total. The van der Waals surface area contributed by atoms with E-state index in [1.807, 2.05) is 0 Å². The Balaban J connectivity index is 3.00. The molecular weight excluding hydrogens is 197 g/mol. The maximum atomic E-state index is 12.5. The van der Waals surface area contributed by atoms with Gasteiger partial charge in [-0.1, -0.05) is 0 Å². The molecule has 1 aromatic heterocycles. The van der Waals surface area contributed by atoms with Crippen LogP contribution >= 0.6 is 0 Å². The van der Waals surface area contributed by atoms with Gasteiger partial charge in [-0.25, -0.2) is 8.78 Å². The van der Waals surface area contributed by atoms with Crippen LogP contribution in [0.25, 0.3) is 0 Å². The third kappa shape index (κ3) is 2.53. The average Bonchev–Trinajstić information content (AvgIpc) is 1.95. The second-order valence-electron chi connectivity index (χ2n) is 1.98. The highest BCUT2D eigenvalue weighted by Gasteiger charge is 2.33. The minimum Gasteiger partial charge on any atom is -0.399 e. The van der Waals surface area contributed by atoms with Crippen LogP contribution in [-0.2, 0) is 0 Å². The van der Waals surface area contributed by atoms with Gasteiger partial charge < -0.3 is 4.74 Å². The highest BCUT2D eigenvalue weighted by Crippen LogP contribution is 2.26. The van der Waals surface area contributed by atoms with Crippen molar-refractivity contribution in [2.75, 3.05) is 0 Å². The maximum absolute atomic E-state index is 12.5. The van der Waals surface area contributed by atoms with E-state index < -0.39 is 23.7 Å². The van der Waals surface area contributed by atoms with E-state index in [1.165, 1.54) is 0 Å². The fourth-order valence-electron chi connectivity index (χ4n) is 0.613. The summed E-state index contributed by atoms with van der Waals surface area (Å²) < 4.78 is 62.6. The van der Waals surface area contributed by atoms with Crippen molar-refractivity contribution in [2.24, 2.45) is 0 Å². The van der Waals surface area contributed by atoms with Crippen LogP contribution in [0.15, 0.2) is 12.4 Å². The number of halogens is 5. The lowest BCUT2D eigenvalue weighted by Crippen LogP contribution is -2.19. The normalized spacial score (nSPS) is 11.5. The summed E-state index contributed by atoms with van der Waals surface area (Å²) >= 11 is 0. The lowest BCUT2D eigenvalue weighted by Gasteiger charge is -2.09. The highest BCUT2D eigenvalue weighted by atomic mass is 19.4. The van der Waals surface area contributed by atoms with Crippen molar-refractivity contribution in [1.29, 1.82) is 0 Å². The fraction of sp³-hybridized carbons (Fsp3) is 0.167. The van der Waals surface area contributed by atoms with Crippen LogP contribution in [0.2, 0.25) is 0 Å². The van der Waals surface area contributed by atoms with Crippen LogP contribution in [0.1, 0.15) is 0 Å². The molecule has 0 aliphatic carbocycles. The van der Waals surface area contributed by atoms with Gasteiger partial charge in [0, 0.05) is 0 Å². The quantitative estimate of drug-likeness (QED) is 0.647. The summed E-state index contributed by atoms with van der Waals surface area (Å²) in [5, 5.41) is 0. The number of pyridine rings is 1. The molecule has 0 aliphatic heterocycles. The monoisotopic (exact) mass is 199 g/mol. The van der Waals surface area contributed by atoms with Crippen molar-refractivity contribution < 1.29 is 26.7 Å². The van der Waals surface area contributed by atoms with Crippen LogP contribution in [0.4, 0.5) is 22.0 Å². The molecule has 0 unspecified atom stereocenters. The Morgan fingerprint density at radius 1 is 1.08 bits per heavy atom. The van der Waals surface area contributed by atoms with Crippen molar-refractivity contribution in [1.82, 2.24) is 4.98 Å². The van der Waals surface area contributed by atoms with Crippen molar-refractivity contribution in [3.05, 3.63) is 24.0 Å². The van der Waals surface area contributed by atoms with Gasteiger partial charge in [0.15, 0.2) is 11.6 Å². The van der Waals surface area contributed by atoms with E-state index in [-0.39, 0.29) is 0 Å². The third-order valence-electron chi connectivity index (χ3n) is 1.03. The minimum absolute atomic E-state index is 0.421. The lowest BCUT2D eigenvalue weighted by molar-refractivity contribution is -0.276. The van der Waals surface area contributed by atoms with Gasteiger partial charge >= 0.3 is 6.36 Å². The molecule has 0 bridgehead atoms. The van der Waals surface area contributed by atoms with Crippen LogP contribution in [-0.4, -0.2) is 11.3 Å². The van der Waals surface area contributed by atoms with Gasteiger partial charge in [0.2, 0.25) is 5.75 Å². The molecule has 0 radical (unpaired) electrons. The fourth-order valence-corrected chi connectivity index (χ4v) is 0.613. The first-order valence-corrected chi connectivity index (χ1v) is 2.95. The molecule has 0 saturated heterocycles. The Morgan fingerprint density at radius 2 is 1.54 bits per heavy atom. The number of hydrogen-bond acceptors (Lipinski definition) is 2. The van der Waals surface area contributed by atoms with Gasteiger partial charge in [-0.05, 0) is 0 Å². The zero-order chi connectivity index (χ0) is 10.1. The molecular formula is C6H2F5NO. The van der Waals surface area contributed by atoms with Crippen molar-refractivity contribution in [2.45, 2.75) is 6.36 Å². The van der Waals surface area contributed by atoms with Crippen molar-refractivity contribution in [3.63, 3.8) is 0 Å². The van der Waals surface area contributed by atoms with Crippen molar-refractivity contribution >= 4 is 0 Å². The van der Waals surface area contributed by atoms with E-state index >= 15 is 0 Å². The molecule has 0 aliphatic rings. The summed E-state index contributed by atoms with van der Waals surface area (Å²) in [6, 6.07) is 0. The van der Waals surface area contributed by atoms with Gasteiger partial charge in [0.05, 0.1) is 12.4 Å². The summed E-state index contributed by atoms with van der Waals surface area (Å²) in [6.07, 6.45) is -4.28. The number of nitrogens with zero attached hydrogens (tertiary/aromatic N) is 1. The number of alkyl halides is 3. The second-order valence-corrected chi connectivity index (χ2v) is 1.98. The maximum Gasteiger partial charge on any atom is 0.573 e. The van der Waals surface area contributed by atoms with E-state index in [0.717, 1.165) is 0 Å². The van der Waals surface area contributed by atoms with E-state index in [0.29, 0.717) is 12.4 Å². The smallest absolute Gasteiger partial charge is 0.399 e. The van der Waals surface area contributed by atoms with E-state index in [4.69, 9.17) is 0 Å². The Kier molecular flexibility index (Phi) is 2.35. The molecule has 13 heavy (non-hydrogen) atoms. The molecule has 0 spiro atoms. The lowest BCUT2D eigenvalue weighted by atomic mass is 10.4. The number of ether oxygens (including phenoxy) is 1. The topological polar surface area (TPSA) is 22.1 Å². The predicted octanol–water partition coefficient (Wildman–Crippen LogP) is 2.26. The Labute approximate surface area is 69.0 Å². The van der Waals surface area contributed by atoms with Gasteiger partial charge in [0.25, 0.3) is 0 Å². The molecule has 7 heteroatoms. The first-order chi connectivity index (χ1) is 5.90. The van der Waals surface area contributed by atoms with Crippen LogP contribution in [0.5, 0.6) is 5.75 Å². The van der Waals surface area contributed by atoms with E-state index in [1.54, 1.807) is 0 Å². The number of aromatic nitrogens is 1. The molecule has 72 valence electrons. The molecule has 0 atom stereocenters. The first-order valence-electron chi connectivity index (χ1n) is 2.95. The molecule has 1 aromatic rings. The summed E-state index contributed by atoms with van der Waals surface area (Å²) in [6.45, 7) is 0. The van der Waals surface area contributed by atoms with Crippen LogP contribution < -0.4 is 4.74 Å². The summed E-state index contributed by atoms with van der Waals surface area (Å²) in [5.41, 5.74) is 0. The van der Waals surface area contributed by atoms with E-state index in [9.17, 15) is 22.0 Å². The Bertz CT molecular complexity index is 290. The molecule has 0 saturated carbocycles. The largest absolute Gasteiger partial charge is 0.573 e. The van der Waals surface area contributed by atoms with Gasteiger partial charge in [-0.3, -0.25) is 4.98 Å². The predicted molar refractivity (Wildman–Crippen MR) is 30.8 cm³/mol. The SMILES string of the molecule is Fc1cncc(F)c1OC(F)(F)F. The van der Waals surface area contributed by atoms with Gasteiger partial charge in [-0.2, -0.15) is 0 Å². The molecule has 2 nitrogen and oxygen atoms in total. The average molecular weight is 199 g/mol. The zero-order valence-corrected chi connectivity index (χ0v) is 5.90. The van der Waals surface area contributed by atoms with Crippen LogP contribution in [0, 0.1) is 11.6 Å². The molecule has 1 rings (SSSR count). The highest BCUT2D eigenvalue weighted by molar-refractivity contribution is 5.22.